The Kier molecular flexibility index (Phi) is 4.53. The van der Waals surface area contributed by atoms with Crippen molar-refractivity contribution in [3.63, 3.8) is 0 Å². The van der Waals surface area contributed by atoms with Gasteiger partial charge in [0.2, 0.25) is 0 Å². The van der Waals surface area contributed by atoms with Crippen molar-refractivity contribution in [1.29, 1.82) is 0 Å². The van der Waals surface area contributed by atoms with Crippen LogP contribution in [0.3, 0.4) is 0 Å². The molecule has 1 aliphatic carbocycles. The maximum Gasteiger partial charge on any atom is 0.111 e. The molecule has 1 saturated heterocycles. The number of aryl methyl sites for hydroxylation is 1. The first kappa shape index (κ1) is 17.3. The van der Waals surface area contributed by atoms with Crippen LogP contribution in [0.5, 0.6) is 0 Å². The second-order valence-electron chi connectivity index (χ2n) is 7.48. The number of hydrogen-bond donors (Lipinski definition) is 1. The van der Waals surface area contributed by atoms with E-state index in [2.05, 4.69) is 9.88 Å². The molecule has 1 aromatic heterocycles. The van der Waals surface area contributed by atoms with Crippen molar-refractivity contribution in [2.75, 3.05) is 13.1 Å². The van der Waals surface area contributed by atoms with Crippen LogP contribution < -0.4 is 0 Å². The van der Waals surface area contributed by atoms with Crippen molar-refractivity contribution >= 4 is 23.2 Å². The van der Waals surface area contributed by atoms with E-state index in [0.29, 0.717) is 16.0 Å². The Balaban J connectivity index is 1.52. The highest BCUT2D eigenvalue weighted by Crippen LogP contribution is 2.50. The van der Waals surface area contributed by atoms with E-state index in [1.807, 2.05) is 37.4 Å². The molecule has 4 rings (SSSR count). The van der Waals surface area contributed by atoms with E-state index >= 15 is 0 Å². The maximum atomic E-state index is 11.4. The summed E-state index contributed by atoms with van der Waals surface area (Å²) in [4.78, 5) is 6.91. The van der Waals surface area contributed by atoms with Crippen LogP contribution in [0.15, 0.2) is 36.5 Å². The fourth-order valence-electron chi connectivity index (χ4n) is 4.45. The lowest BCUT2D eigenvalue weighted by Gasteiger charge is -2.30. The number of aliphatic hydroxyl groups is 1. The number of pyridine rings is 1. The minimum atomic E-state index is -0.809. The summed E-state index contributed by atoms with van der Waals surface area (Å²) in [6.07, 6.45) is 3.69. The maximum absolute atomic E-state index is 11.4. The van der Waals surface area contributed by atoms with E-state index in [9.17, 15) is 5.11 Å². The highest BCUT2D eigenvalue weighted by molar-refractivity contribution is 6.35. The predicted molar refractivity (Wildman–Crippen MR) is 101 cm³/mol. The molecule has 3 nitrogen and oxygen atoms in total. The molecule has 132 valence electrons. The lowest BCUT2D eigenvalue weighted by atomic mass is 9.85. The van der Waals surface area contributed by atoms with Crippen LogP contribution in [0.2, 0.25) is 10.0 Å². The second-order valence-corrected chi connectivity index (χ2v) is 8.32. The normalized spacial score (nSPS) is 29.1. The quantitative estimate of drug-likeness (QED) is 0.860. The SMILES string of the molecule is Cc1ccc([C@]2(O)CC[C@H]3CN(Cc4ccc(Cl)cc4Cl)C[C@H]32)nc1. The van der Waals surface area contributed by atoms with Crippen LogP contribution in [-0.4, -0.2) is 28.1 Å². The molecule has 25 heavy (non-hydrogen) atoms. The van der Waals surface area contributed by atoms with Crippen LogP contribution in [-0.2, 0) is 12.1 Å². The van der Waals surface area contributed by atoms with Crippen LogP contribution >= 0.6 is 23.2 Å². The molecule has 2 aromatic rings. The van der Waals surface area contributed by atoms with Gasteiger partial charge < -0.3 is 5.11 Å². The molecule has 1 saturated carbocycles. The van der Waals surface area contributed by atoms with E-state index in [-0.39, 0.29) is 5.92 Å². The lowest BCUT2D eigenvalue weighted by Crippen LogP contribution is -2.35. The first-order chi connectivity index (χ1) is 12.0. The highest BCUT2D eigenvalue weighted by atomic mass is 35.5. The molecule has 2 heterocycles. The van der Waals surface area contributed by atoms with Gasteiger partial charge >= 0.3 is 0 Å². The van der Waals surface area contributed by atoms with Crippen molar-refractivity contribution in [3.8, 4) is 0 Å². The van der Waals surface area contributed by atoms with Gasteiger partial charge in [-0.1, -0.05) is 35.3 Å². The molecule has 0 radical (unpaired) electrons. The molecule has 1 N–H and O–H groups in total. The largest absolute Gasteiger partial charge is 0.383 e. The molecular weight excluding hydrogens is 355 g/mol. The zero-order valence-corrected chi connectivity index (χ0v) is 15.8. The fourth-order valence-corrected chi connectivity index (χ4v) is 4.92. The first-order valence-electron chi connectivity index (χ1n) is 8.77. The van der Waals surface area contributed by atoms with Crippen LogP contribution in [0.25, 0.3) is 0 Å². The zero-order valence-electron chi connectivity index (χ0n) is 14.3. The van der Waals surface area contributed by atoms with Gasteiger partial charge in [-0.2, -0.15) is 0 Å². The Morgan fingerprint density at radius 1 is 1.24 bits per heavy atom. The topological polar surface area (TPSA) is 36.4 Å². The number of benzene rings is 1. The van der Waals surface area contributed by atoms with Crippen molar-refractivity contribution in [2.45, 2.75) is 31.9 Å². The van der Waals surface area contributed by atoms with Crippen LogP contribution in [0.1, 0.15) is 29.7 Å². The summed E-state index contributed by atoms with van der Waals surface area (Å²) in [5.41, 5.74) is 2.21. The minimum absolute atomic E-state index is 0.230. The number of fused-ring (bicyclic) bond motifs is 1. The average molecular weight is 377 g/mol. The summed E-state index contributed by atoms with van der Waals surface area (Å²) in [6.45, 7) is 4.68. The van der Waals surface area contributed by atoms with Gasteiger partial charge in [0.15, 0.2) is 0 Å². The lowest BCUT2D eigenvalue weighted by molar-refractivity contribution is -0.0108. The number of hydrogen-bond acceptors (Lipinski definition) is 3. The Bertz CT molecular complexity index is 780. The number of rotatable bonds is 3. The average Bonchev–Trinajstić information content (AvgIpc) is 3.12. The number of likely N-dealkylation sites (tertiary alicyclic amines) is 1. The van der Waals surface area contributed by atoms with Crippen molar-refractivity contribution < 1.29 is 5.11 Å². The van der Waals surface area contributed by atoms with Crippen LogP contribution in [0.4, 0.5) is 0 Å². The molecule has 0 bridgehead atoms. The number of halogens is 2. The van der Waals surface area contributed by atoms with E-state index in [0.717, 1.165) is 49.3 Å². The molecule has 1 aromatic carbocycles. The molecule has 2 aliphatic rings. The van der Waals surface area contributed by atoms with E-state index < -0.39 is 5.60 Å². The summed E-state index contributed by atoms with van der Waals surface area (Å²) < 4.78 is 0. The number of aromatic nitrogens is 1. The van der Waals surface area contributed by atoms with Crippen LogP contribution in [0, 0.1) is 18.8 Å². The Labute approximate surface area is 158 Å². The number of nitrogens with zero attached hydrogens (tertiary/aromatic N) is 2. The third-order valence-corrected chi connectivity index (χ3v) is 6.38. The van der Waals surface area contributed by atoms with Crippen molar-refractivity contribution in [3.05, 3.63) is 63.4 Å². The summed E-state index contributed by atoms with van der Waals surface area (Å²) in [7, 11) is 0. The molecule has 2 fully saturated rings. The van der Waals surface area contributed by atoms with Gasteiger partial charge in [0, 0.05) is 41.8 Å². The van der Waals surface area contributed by atoms with Gasteiger partial charge in [-0.25, -0.2) is 0 Å². The second kappa shape index (κ2) is 6.55. The third-order valence-electron chi connectivity index (χ3n) is 5.79. The van der Waals surface area contributed by atoms with Gasteiger partial charge in [0.1, 0.15) is 5.60 Å². The standard InChI is InChI=1S/C20H22Cl2N2O/c1-13-2-5-19(23-9-13)20(25)7-6-14-10-24(12-17(14)20)11-15-3-4-16(21)8-18(15)22/h2-5,8-9,14,17,25H,6-7,10-12H2,1H3/t14-,17+,20-/m0/s1. The Morgan fingerprint density at radius 2 is 2.08 bits per heavy atom. The molecule has 1 aliphatic heterocycles. The Hall–Kier alpha value is -1.13. The Morgan fingerprint density at radius 3 is 2.80 bits per heavy atom. The summed E-state index contributed by atoms with van der Waals surface area (Å²) in [5.74, 6) is 0.743. The van der Waals surface area contributed by atoms with E-state index in [4.69, 9.17) is 23.2 Å². The molecule has 0 unspecified atom stereocenters. The summed E-state index contributed by atoms with van der Waals surface area (Å²) >= 11 is 12.3. The predicted octanol–water partition coefficient (Wildman–Crippen LogP) is 4.43. The van der Waals surface area contributed by atoms with Gasteiger partial charge in [0.25, 0.3) is 0 Å². The van der Waals surface area contributed by atoms with Gasteiger partial charge in [0.05, 0.1) is 5.69 Å². The van der Waals surface area contributed by atoms with E-state index in [1.54, 1.807) is 6.07 Å². The summed E-state index contributed by atoms with van der Waals surface area (Å²) in [5, 5.41) is 12.7. The molecule has 0 spiro atoms. The minimum Gasteiger partial charge on any atom is -0.383 e. The third kappa shape index (κ3) is 3.19. The fraction of sp³-hybridized carbons (Fsp3) is 0.450. The smallest absolute Gasteiger partial charge is 0.111 e. The molecule has 0 amide bonds. The van der Waals surface area contributed by atoms with Gasteiger partial charge in [-0.05, 0) is 55.0 Å². The van der Waals surface area contributed by atoms with Crippen molar-refractivity contribution in [2.24, 2.45) is 11.8 Å². The first-order valence-corrected chi connectivity index (χ1v) is 9.53. The summed E-state index contributed by atoms with van der Waals surface area (Å²) in [6, 6.07) is 9.69. The van der Waals surface area contributed by atoms with E-state index in [1.165, 1.54) is 0 Å². The molecular formula is C20H22Cl2N2O. The van der Waals surface area contributed by atoms with Gasteiger partial charge in [-0.15, -0.1) is 0 Å². The molecule has 3 atom stereocenters. The molecule has 5 heteroatoms. The highest BCUT2D eigenvalue weighted by Gasteiger charge is 2.53. The monoisotopic (exact) mass is 376 g/mol. The zero-order chi connectivity index (χ0) is 17.6. The van der Waals surface area contributed by atoms with Crippen molar-refractivity contribution in [1.82, 2.24) is 9.88 Å². The van der Waals surface area contributed by atoms with Gasteiger partial charge in [-0.3, -0.25) is 9.88 Å².